The number of ketones is 1. The van der Waals surface area contributed by atoms with Crippen LogP contribution in [0.1, 0.15) is 16.8 Å². The van der Waals surface area contributed by atoms with Gasteiger partial charge in [0.25, 0.3) is 10.1 Å². The molecule has 3 rings (SSSR count). The number of Topliss-reactive ketones (excluding diaryl/α,β-unsaturated/α-hetero) is 1. The molecule has 7 heteroatoms. The number of anilines is 1. The normalized spacial score (nSPS) is 11.3. The van der Waals surface area contributed by atoms with Crippen LogP contribution in [0.25, 0.3) is 10.8 Å². The van der Waals surface area contributed by atoms with Crippen molar-refractivity contribution in [1.29, 1.82) is 0 Å². The fourth-order valence-corrected chi connectivity index (χ4v) is 3.11. The SMILES string of the molecule is O=C(CC(=O)c1ccccc1)Nc1cccc2cc(S(=O)(=O)O)ccc12. The first-order valence-corrected chi connectivity index (χ1v) is 9.17. The van der Waals surface area contributed by atoms with Crippen LogP contribution < -0.4 is 5.32 Å². The molecule has 0 heterocycles. The Morgan fingerprint density at radius 2 is 1.65 bits per heavy atom. The number of hydrogen-bond donors (Lipinski definition) is 2. The zero-order valence-corrected chi connectivity index (χ0v) is 14.4. The van der Waals surface area contributed by atoms with E-state index in [9.17, 15) is 18.0 Å². The standard InChI is InChI=1S/C19H15NO5S/c21-18(13-5-2-1-3-6-13)12-19(22)20-17-8-4-7-14-11-15(26(23,24)25)9-10-16(14)17/h1-11H,12H2,(H,20,22)(H,23,24,25). The summed E-state index contributed by atoms with van der Waals surface area (Å²) < 4.78 is 31.6. The van der Waals surface area contributed by atoms with Crippen molar-refractivity contribution in [1.82, 2.24) is 0 Å². The minimum absolute atomic E-state index is 0.229. The van der Waals surface area contributed by atoms with E-state index in [2.05, 4.69) is 5.32 Å². The van der Waals surface area contributed by atoms with Crippen molar-refractivity contribution in [3.8, 4) is 0 Å². The lowest BCUT2D eigenvalue weighted by Crippen LogP contribution is -2.16. The lowest BCUT2D eigenvalue weighted by atomic mass is 10.1. The molecule has 0 aliphatic rings. The average Bonchev–Trinajstić information content (AvgIpc) is 2.61. The molecular formula is C19H15NO5S. The summed E-state index contributed by atoms with van der Waals surface area (Å²) in [4.78, 5) is 24.1. The molecule has 3 aromatic rings. The monoisotopic (exact) mass is 369 g/mol. The van der Waals surface area contributed by atoms with Crippen LogP contribution in [0.15, 0.2) is 71.6 Å². The Kier molecular flexibility index (Phi) is 4.83. The Labute approximate surface area is 150 Å². The lowest BCUT2D eigenvalue weighted by Gasteiger charge is -2.09. The molecule has 26 heavy (non-hydrogen) atoms. The molecule has 0 spiro atoms. The molecule has 2 N–H and O–H groups in total. The molecule has 0 saturated carbocycles. The van der Waals surface area contributed by atoms with Crippen molar-refractivity contribution >= 4 is 38.3 Å². The van der Waals surface area contributed by atoms with Gasteiger partial charge in [0.2, 0.25) is 5.91 Å². The van der Waals surface area contributed by atoms with E-state index in [1.165, 1.54) is 18.2 Å². The third-order valence-electron chi connectivity index (χ3n) is 3.84. The van der Waals surface area contributed by atoms with E-state index in [0.29, 0.717) is 22.0 Å². The summed E-state index contributed by atoms with van der Waals surface area (Å²) in [5.74, 6) is -0.762. The summed E-state index contributed by atoms with van der Waals surface area (Å²) in [6.45, 7) is 0. The van der Waals surface area contributed by atoms with Crippen molar-refractivity contribution in [3.05, 3.63) is 72.3 Å². The minimum Gasteiger partial charge on any atom is -0.325 e. The first-order valence-electron chi connectivity index (χ1n) is 7.73. The van der Waals surface area contributed by atoms with Gasteiger partial charge in [-0.25, -0.2) is 0 Å². The van der Waals surface area contributed by atoms with Gasteiger partial charge in [-0.15, -0.1) is 0 Å². The number of rotatable bonds is 5. The van der Waals surface area contributed by atoms with E-state index in [0.717, 1.165) is 0 Å². The molecule has 0 radical (unpaired) electrons. The molecule has 0 aromatic heterocycles. The van der Waals surface area contributed by atoms with Gasteiger partial charge in [0, 0.05) is 16.6 Å². The Hall–Kier alpha value is -3.03. The van der Waals surface area contributed by atoms with Crippen LogP contribution in [-0.4, -0.2) is 24.7 Å². The van der Waals surface area contributed by atoms with Crippen molar-refractivity contribution in [2.45, 2.75) is 11.3 Å². The molecule has 3 aromatic carbocycles. The summed E-state index contributed by atoms with van der Waals surface area (Å²) in [7, 11) is -4.31. The highest BCUT2D eigenvalue weighted by Gasteiger charge is 2.14. The first kappa shape index (κ1) is 17.8. The van der Waals surface area contributed by atoms with Gasteiger partial charge >= 0.3 is 0 Å². The Morgan fingerprint density at radius 1 is 0.923 bits per heavy atom. The number of nitrogens with one attached hydrogen (secondary N) is 1. The summed E-state index contributed by atoms with van der Waals surface area (Å²) >= 11 is 0. The predicted molar refractivity (Wildman–Crippen MR) is 97.8 cm³/mol. The van der Waals surface area contributed by atoms with Crippen molar-refractivity contribution < 1.29 is 22.6 Å². The van der Waals surface area contributed by atoms with E-state index in [4.69, 9.17) is 4.55 Å². The Balaban J connectivity index is 1.82. The van der Waals surface area contributed by atoms with E-state index in [1.807, 2.05) is 0 Å². The van der Waals surface area contributed by atoms with E-state index in [-0.39, 0.29) is 17.1 Å². The lowest BCUT2D eigenvalue weighted by molar-refractivity contribution is -0.115. The highest BCUT2D eigenvalue weighted by molar-refractivity contribution is 7.85. The molecule has 0 aliphatic carbocycles. The highest BCUT2D eigenvalue weighted by Crippen LogP contribution is 2.26. The first-order chi connectivity index (χ1) is 12.3. The second-order valence-electron chi connectivity index (χ2n) is 5.68. The van der Waals surface area contributed by atoms with Crippen molar-refractivity contribution in [3.63, 3.8) is 0 Å². The fourth-order valence-electron chi connectivity index (χ4n) is 2.60. The molecule has 0 aliphatic heterocycles. The molecule has 0 saturated heterocycles. The van der Waals surface area contributed by atoms with Gasteiger partial charge in [0.05, 0.1) is 11.3 Å². The van der Waals surface area contributed by atoms with Crippen molar-refractivity contribution in [2.24, 2.45) is 0 Å². The van der Waals surface area contributed by atoms with Crippen LogP contribution in [0, 0.1) is 0 Å². The average molecular weight is 369 g/mol. The summed E-state index contributed by atoms with van der Waals surface area (Å²) in [5, 5.41) is 3.80. The molecule has 6 nitrogen and oxygen atoms in total. The van der Waals surface area contributed by atoms with Gasteiger partial charge < -0.3 is 5.32 Å². The molecular weight excluding hydrogens is 354 g/mol. The number of amides is 1. The zero-order valence-electron chi connectivity index (χ0n) is 13.5. The highest BCUT2D eigenvalue weighted by atomic mass is 32.2. The summed E-state index contributed by atoms with van der Waals surface area (Å²) in [6.07, 6.45) is -0.302. The van der Waals surface area contributed by atoms with Crippen LogP contribution in [0.2, 0.25) is 0 Å². The minimum atomic E-state index is -4.31. The second-order valence-corrected chi connectivity index (χ2v) is 7.10. The van der Waals surface area contributed by atoms with E-state index < -0.39 is 16.0 Å². The summed E-state index contributed by atoms with van der Waals surface area (Å²) in [5.41, 5.74) is 0.911. The van der Waals surface area contributed by atoms with E-state index >= 15 is 0 Å². The number of carbonyl (C=O) groups excluding carboxylic acids is 2. The third kappa shape index (κ3) is 3.96. The maximum atomic E-state index is 12.2. The van der Waals surface area contributed by atoms with Crippen LogP contribution in [0.4, 0.5) is 5.69 Å². The van der Waals surface area contributed by atoms with Gasteiger partial charge in [0.15, 0.2) is 5.78 Å². The molecule has 132 valence electrons. The number of carbonyl (C=O) groups is 2. The van der Waals surface area contributed by atoms with Gasteiger partial charge in [-0.05, 0) is 23.6 Å². The quantitative estimate of drug-likeness (QED) is 0.408. The van der Waals surface area contributed by atoms with Crippen LogP contribution in [0.5, 0.6) is 0 Å². The number of fused-ring (bicyclic) bond motifs is 1. The second kappa shape index (κ2) is 7.07. The summed E-state index contributed by atoms with van der Waals surface area (Å²) in [6, 6.07) is 17.5. The molecule has 0 atom stereocenters. The zero-order chi connectivity index (χ0) is 18.7. The van der Waals surface area contributed by atoms with Crippen LogP contribution >= 0.6 is 0 Å². The van der Waals surface area contributed by atoms with E-state index in [1.54, 1.807) is 48.5 Å². The van der Waals surface area contributed by atoms with Crippen molar-refractivity contribution in [2.75, 3.05) is 5.32 Å². The smallest absolute Gasteiger partial charge is 0.294 e. The molecule has 0 fully saturated rings. The molecule has 0 bridgehead atoms. The largest absolute Gasteiger partial charge is 0.325 e. The number of benzene rings is 3. The molecule has 0 unspecified atom stereocenters. The predicted octanol–water partition coefficient (Wildman–Crippen LogP) is 3.30. The maximum Gasteiger partial charge on any atom is 0.294 e. The van der Waals surface area contributed by atoms with Crippen LogP contribution in [-0.2, 0) is 14.9 Å². The third-order valence-corrected chi connectivity index (χ3v) is 4.69. The molecule has 1 amide bonds. The van der Waals surface area contributed by atoms with Gasteiger partial charge in [-0.3, -0.25) is 14.1 Å². The Bertz CT molecular complexity index is 1090. The van der Waals surface area contributed by atoms with Gasteiger partial charge in [-0.2, -0.15) is 8.42 Å². The van der Waals surface area contributed by atoms with Crippen LogP contribution in [0.3, 0.4) is 0 Å². The number of hydrogen-bond acceptors (Lipinski definition) is 4. The van der Waals surface area contributed by atoms with Gasteiger partial charge in [0.1, 0.15) is 0 Å². The van der Waals surface area contributed by atoms with Gasteiger partial charge in [-0.1, -0.05) is 48.5 Å². The topological polar surface area (TPSA) is 101 Å². The Morgan fingerprint density at radius 3 is 2.35 bits per heavy atom. The fraction of sp³-hybridized carbons (Fsp3) is 0.0526. The maximum absolute atomic E-state index is 12.2.